The number of likely N-dealkylation sites (N-methyl/N-ethyl adjacent to an activating group) is 1. The lowest BCUT2D eigenvalue weighted by Gasteiger charge is -2.20. The summed E-state index contributed by atoms with van der Waals surface area (Å²) >= 11 is 4.05. The highest BCUT2D eigenvalue weighted by molar-refractivity contribution is 7.80. The van der Waals surface area contributed by atoms with Crippen molar-refractivity contribution < 1.29 is 4.74 Å². The lowest BCUT2D eigenvalue weighted by molar-refractivity contribution is 0.115. The molecule has 0 aromatic rings. The molecule has 0 fully saturated rings. The van der Waals surface area contributed by atoms with Crippen molar-refractivity contribution in [3.63, 3.8) is 0 Å². The van der Waals surface area contributed by atoms with Crippen molar-refractivity contribution in [1.82, 2.24) is 4.90 Å². The Balaban J connectivity index is 3.10. The van der Waals surface area contributed by atoms with Crippen LogP contribution < -0.4 is 0 Å². The van der Waals surface area contributed by atoms with Crippen LogP contribution in [0.25, 0.3) is 0 Å². The molecule has 0 heterocycles. The lowest BCUT2D eigenvalue weighted by Crippen LogP contribution is -2.29. The summed E-state index contributed by atoms with van der Waals surface area (Å²) in [6.45, 7) is 6.94. The molecule has 0 saturated heterocycles. The summed E-state index contributed by atoms with van der Waals surface area (Å²) in [6, 6.07) is 0.606. The van der Waals surface area contributed by atoms with Gasteiger partial charge >= 0.3 is 0 Å². The third kappa shape index (κ3) is 6.66. The van der Waals surface area contributed by atoms with Gasteiger partial charge in [0.25, 0.3) is 0 Å². The number of thiol groups is 1. The summed E-state index contributed by atoms with van der Waals surface area (Å²) in [5, 5.41) is 0. The number of ether oxygens (including phenoxy) is 1. The number of hydrogen-bond donors (Lipinski definition) is 1. The average Bonchev–Trinajstić information content (AvgIpc) is 1.97. The zero-order valence-electron chi connectivity index (χ0n) is 7.71. The van der Waals surface area contributed by atoms with Crippen molar-refractivity contribution in [3.8, 4) is 0 Å². The first-order chi connectivity index (χ1) is 5.18. The zero-order valence-corrected chi connectivity index (χ0v) is 8.60. The first-order valence-corrected chi connectivity index (χ1v) is 4.70. The Morgan fingerprint density at radius 3 is 2.45 bits per heavy atom. The molecule has 0 N–H and O–H groups in total. The fraction of sp³-hybridized carbons (Fsp3) is 1.00. The predicted octanol–water partition coefficient (Wildman–Crippen LogP) is 1.27. The van der Waals surface area contributed by atoms with E-state index in [0.29, 0.717) is 6.04 Å². The fourth-order valence-corrected chi connectivity index (χ4v) is 0.762. The Morgan fingerprint density at radius 1 is 1.36 bits per heavy atom. The monoisotopic (exact) mass is 177 g/mol. The largest absolute Gasteiger partial charge is 0.379 e. The maximum atomic E-state index is 5.29. The summed E-state index contributed by atoms with van der Waals surface area (Å²) in [5.74, 6) is 0.811. The van der Waals surface area contributed by atoms with Crippen LogP contribution in [0, 0.1) is 0 Å². The molecule has 0 aromatic carbocycles. The summed E-state index contributed by atoms with van der Waals surface area (Å²) in [5.41, 5.74) is 0. The van der Waals surface area contributed by atoms with Gasteiger partial charge in [0.2, 0.25) is 0 Å². The Labute approximate surface area is 75.3 Å². The van der Waals surface area contributed by atoms with Crippen molar-refractivity contribution in [2.24, 2.45) is 0 Å². The second-order valence-electron chi connectivity index (χ2n) is 2.91. The molecule has 0 spiro atoms. The molecule has 0 amide bonds. The van der Waals surface area contributed by atoms with E-state index in [1.165, 1.54) is 0 Å². The van der Waals surface area contributed by atoms with Crippen LogP contribution in [0.3, 0.4) is 0 Å². The molecule has 11 heavy (non-hydrogen) atoms. The summed E-state index contributed by atoms with van der Waals surface area (Å²) < 4.78 is 5.29. The molecule has 0 aliphatic carbocycles. The summed E-state index contributed by atoms with van der Waals surface area (Å²) in [7, 11) is 2.11. The van der Waals surface area contributed by atoms with Gasteiger partial charge in [-0.25, -0.2) is 0 Å². The normalized spacial score (nSPS) is 11.5. The van der Waals surface area contributed by atoms with E-state index in [4.69, 9.17) is 4.74 Å². The third-order valence-electron chi connectivity index (χ3n) is 1.71. The van der Waals surface area contributed by atoms with Crippen LogP contribution in [0.1, 0.15) is 13.8 Å². The van der Waals surface area contributed by atoms with Crippen molar-refractivity contribution in [3.05, 3.63) is 0 Å². The molecule has 2 nitrogen and oxygen atoms in total. The van der Waals surface area contributed by atoms with E-state index in [2.05, 4.69) is 38.4 Å². The topological polar surface area (TPSA) is 12.5 Å². The van der Waals surface area contributed by atoms with Crippen LogP contribution in [0.4, 0.5) is 0 Å². The van der Waals surface area contributed by atoms with E-state index >= 15 is 0 Å². The minimum absolute atomic E-state index is 0.606. The Morgan fingerprint density at radius 2 is 2.00 bits per heavy atom. The van der Waals surface area contributed by atoms with E-state index in [1.807, 2.05) is 0 Å². The van der Waals surface area contributed by atoms with Gasteiger partial charge in [-0.15, -0.1) is 0 Å². The van der Waals surface area contributed by atoms with Crippen molar-refractivity contribution >= 4 is 12.6 Å². The Bertz CT molecular complexity index is 88.2. The van der Waals surface area contributed by atoms with Gasteiger partial charge in [0.05, 0.1) is 13.2 Å². The smallest absolute Gasteiger partial charge is 0.0593 e. The maximum Gasteiger partial charge on any atom is 0.0593 e. The van der Waals surface area contributed by atoms with Crippen molar-refractivity contribution in [2.75, 3.05) is 32.6 Å². The standard InChI is InChI=1S/C8H19NOS/c1-8(2)9(3)4-5-10-6-7-11/h8,11H,4-7H2,1-3H3. The Hall–Kier alpha value is 0.270. The van der Waals surface area contributed by atoms with E-state index in [9.17, 15) is 0 Å². The van der Waals surface area contributed by atoms with Gasteiger partial charge in [-0.3, -0.25) is 0 Å². The first kappa shape index (κ1) is 11.3. The molecular weight excluding hydrogens is 158 g/mol. The van der Waals surface area contributed by atoms with Crippen molar-refractivity contribution in [2.45, 2.75) is 19.9 Å². The molecule has 0 unspecified atom stereocenters. The molecule has 0 aliphatic heterocycles. The van der Waals surface area contributed by atoms with Gasteiger partial charge < -0.3 is 9.64 Å². The second-order valence-corrected chi connectivity index (χ2v) is 3.36. The molecule has 0 atom stereocenters. The first-order valence-electron chi connectivity index (χ1n) is 4.07. The Kier molecular flexibility index (Phi) is 7.12. The van der Waals surface area contributed by atoms with Gasteiger partial charge in [-0.05, 0) is 20.9 Å². The predicted molar refractivity (Wildman–Crippen MR) is 52.4 cm³/mol. The van der Waals surface area contributed by atoms with E-state index in [-0.39, 0.29) is 0 Å². The SMILES string of the molecule is CC(C)N(C)CCOCCS. The molecule has 0 aromatic heterocycles. The van der Waals surface area contributed by atoms with Gasteiger partial charge in [0.15, 0.2) is 0 Å². The quantitative estimate of drug-likeness (QED) is 0.484. The van der Waals surface area contributed by atoms with Gasteiger partial charge in [-0.1, -0.05) is 0 Å². The van der Waals surface area contributed by atoms with Crippen LogP contribution in [-0.2, 0) is 4.74 Å². The van der Waals surface area contributed by atoms with E-state index in [1.54, 1.807) is 0 Å². The highest BCUT2D eigenvalue weighted by atomic mass is 32.1. The van der Waals surface area contributed by atoms with Crippen LogP contribution in [0.2, 0.25) is 0 Å². The minimum Gasteiger partial charge on any atom is -0.379 e. The average molecular weight is 177 g/mol. The molecule has 0 aliphatic rings. The lowest BCUT2D eigenvalue weighted by atomic mass is 10.3. The van der Waals surface area contributed by atoms with Crippen LogP contribution in [-0.4, -0.2) is 43.5 Å². The van der Waals surface area contributed by atoms with Crippen molar-refractivity contribution in [1.29, 1.82) is 0 Å². The minimum atomic E-state index is 0.606. The highest BCUT2D eigenvalue weighted by Gasteiger charge is 2.00. The molecular formula is C8H19NOS. The van der Waals surface area contributed by atoms with Gasteiger partial charge in [-0.2, -0.15) is 12.6 Å². The third-order valence-corrected chi connectivity index (χ3v) is 1.89. The summed E-state index contributed by atoms with van der Waals surface area (Å²) in [6.07, 6.45) is 0. The molecule has 0 saturated carbocycles. The van der Waals surface area contributed by atoms with Gasteiger partial charge in [0, 0.05) is 18.3 Å². The highest BCUT2D eigenvalue weighted by Crippen LogP contribution is 1.92. The summed E-state index contributed by atoms with van der Waals surface area (Å²) in [4.78, 5) is 2.26. The van der Waals surface area contributed by atoms with E-state index in [0.717, 1.165) is 25.5 Å². The van der Waals surface area contributed by atoms with Gasteiger partial charge in [0.1, 0.15) is 0 Å². The van der Waals surface area contributed by atoms with Crippen LogP contribution in [0.15, 0.2) is 0 Å². The molecule has 0 bridgehead atoms. The van der Waals surface area contributed by atoms with E-state index < -0.39 is 0 Å². The molecule has 3 heteroatoms. The fourth-order valence-electron chi connectivity index (χ4n) is 0.633. The van der Waals surface area contributed by atoms with Crippen LogP contribution in [0.5, 0.6) is 0 Å². The molecule has 0 radical (unpaired) electrons. The number of nitrogens with zero attached hydrogens (tertiary/aromatic N) is 1. The second kappa shape index (κ2) is 6.95. The van der Waals surface area contributed by atoms with Crippen LogP contribution >= 0.6 is 12.6 Å². The number of hydrogen-bond acceptors (Lipinski definition) is 3. The zero-order chi connectivity index (χ0) is 8.69. The maximum absolute atomic E-state index is 5.29. The molecule has 0 rings (SSSR count). The molecule has 68 valence electrons. The number of rotatable bonds is 6.